The van der Waals surface area contributed by atoms with Gasteiger partial charge in [0, 0.05) is 18.8 Å². The van der Waals surface area contributed by atoms with Gasteiger partial charge < -0.3 is 10.0 Å². The van der Waals surface area contributed by atoms with Crippen LogP contribution in [0.3, 0.4) is 0 Å². The molecular weight excluding hydrogens is 401 g/mol. The summed E-state index contributed by atoms with van der Waals surface area (Å²) < 4.78 is 13.9. The van der Waals surface area contributed by atoms with Crippen LogP contribution in [0.4, 0.5) is 10.1 Å². The molecule has 3 nitrogen and oxygen atoms in total. The Morgan fingerprint density at radius 1 is 0.938 bits per heavy atom. The summed E-state index contributed by atoms with van der Waals surface area (Å²) >= 11 is 0. The zero-order valence-electron chi connectivity index (χ0n) is 19.1. The van der Waals surface area contributed by atoms with Crippen LogP contribution in [0.1, 0.15) is 55.1 Å². The first kappa shape index (κ1) is 23.5. The van der Waals surface area contributed by atoms with E-state index in [0.717, 1.165) is 18.5 Å². The van der Waals surface area contributed by atoms with Gasteiger partial charge in [0.05, 0.1) is 5.56 Å². The van der Waals surface area contributed by atoms with Crippen molar-refractivity contribution in [2.24, 2.45) is 5.92 Å². The Morgan fingerprint density at radius 2 is 1.53 bits per heavy atom. The van der Waals surface area contributed by atoms with Crippen LogP contribution in [0, 0.1) is 11.7 Å². The highest BCUT2D eigenvalue weighted by atomic mass is 19.1. The topological polar surface area (TPSA) is 40.5 Å². The number of carboxylic acids is 1. The summed E-state index contributed by atoms with van der Waals surface area (Å²) in [5.74, 6) is -1.59. The molecule has 0 aliphatic rings. The van der Waals surface area contributed by atoms with E-state index in [1.54, 1.807) is 6.07 Å². The van der Waals surface area contributed by atoms with Crippen LogP contribution in [-0.4, -0.2) is 17.6 Å². The van der Waals surface area contributed by atoms with Crippen molar-refractivity contribution in [3.8, 4) is 11.1 Å². The fourth-order valence-corrected chi connectivity index (χ4v) is 3.84. The van der Waals surface area contributed by atoms with E-state index < -0.39 is 11.8 Å². The number of hydrogen-bond acceptors (Lipinski definition) is 2. The van der Waals surface area contributed by atoms with Crippen molar-refractivity contribution in [2.75, 3.05) is 11.4 Å². The second-order valence-electron chi connectivity index (χ2n) is 8.74. The second kappa shape index (κ2) is 10.9. The Kier molecular flexibility index (Phi) is 8.04. The summed E-state index contributed by atoms with van der Waals surface area (Å²) in [4.78, 5) is 13.5. The Hall–Kier alpha value is -3.14. The third-order valence-corrected chi connectivity index (χ3v) is 5.56. The van der Waals surface area contributed by atoms with Gasteiger partial charge in [0.25, 0.3) is 0 Å². The number of carboxylic acid groups (broad SMARTS) is 1. The first-order valence-corrected chi connectivity index (χ1v) is 11.3. The molecule has 3 aromatic carbocycles. The lowest BCUT2D eigenvalue weighted by Crippen LogP contribution is -2.27. The van der Waals surface area contributed by atoms with Crippen LogP contribution in [0.2, 0.25) is 0 Å². The minimum atomic E-state index is -1.25. The molecule has 0 aromatic heterocycles. The first-order chi connectivity index (χ1) is 15.4. The molecular formula is C28H32FNO2. The molecule has 32 heavy (non-hydrogen) atoms. The lowest BCUT2D eigenvalue weighted by molar-refractivity contribution is 0.0692. The van der Waals surface area contributed by atoms with Crippen LogP contribution in [0.25, 0.3) is 11.1 Å². The van der Waals surface area contributed by atoms with Crippen molar-refractivity contribution in [1.82, 2.24) is 0 Å². The predicted octanol–water partition coefficient (Wildman–Crippen LogP) is 7.20. The molecule has 0 unspecified atom stereocenters. The number of halogens is 1. The number of carbonyl (C=O) groups is 1. The lowest BCUT2D eigenvalue weighted by atomic mass is 10.0. The summed E-state index contributed by atoms with van der Waals surface area (Å²) in [6.45, 7) is 7.80. The number of unbranched alkanes of at least 4 members (excludes halogenated alkanes) is 1. The van der Waals surface area contributed by atoms with Gasteiger partial charge in [-0.25, -0.2) is 9.18 Å². The molecule has 0 bridgehead atoms. The maximum Gasteiger partial charge on any atom is 0.338 e. The van der Waals surface area contributed by atoms with Crippen LogP contribution in [0.5, 0.6) is 0 Å². The number of benzene rings is 3. The van der Waals surface area contributed by atoms with E-state index in [1.165, 1.54) is 41.7 Å². The van der Waals surface area contributed by atoms with Gasteiger partial charge in [-0.15, -0.1) is 0 Å². The van der Waals surface area contributed by atoms with E-state index in [9.17, 15) is 14.3 Å². The molecule has 0 heterocycles. The van der Waals surface area contributed by atoms with Crippen LogP contribution in [0.15, 0.2) is 66.7 Å². The fraction of sp³-hybridized carbons (Fsp3) is 0.321. The molecule has 0 aliphatic carbocycles. The molecule has 4 heteroatoms. The van der Waals surface area contributed by atoms with E-state index >= 15 is 0 Å². The standard InChI is InChI=1S/C28H32FNO2/c1-4-5-6-21-7-11-23(12-8-21)24-13-9-22(10-14-24)19-30(18-20(2)3)25-15-16-27(29)26(17-25)28(31)32/h7-17,20H,4-6,18-19H2,1-3H3,(H,31,32). The lowest BCUT2D eigenvalue weighted by Gasteiger charge is -2.27. The molecule has 0 atom stereocenters. The van der Waals surface area contributed by atoms with Gasteiger partial charge in [-0.2, -0.15) is 0 Å². The number of anilines is 1. The highest BCUT2D eigenvalue weighted by Crippen LogP contribution is 2.25. The molecule has 0 fully saturated rings. The quantitative estimate of drug-likeness (QED) is 0.368. The Labute approximate surface area is 190 Å². The van der Waals surface area contributed by atoms with Gasteiger partial charge in [-0.3, -0.25) is 0 Å². The largest absolute Gasteiger partial charge is 0.478 e. The highest BCUT2D eigenvalue weighted by molar-refractivity contribution is 5.89. The number of hydrogen-bond donors (Lipinski definition) is 1. The Morgan fingerprint density at radius 3 is 2.06 bits per heavy atom. The molecule has 3 aromatic rings. The molecule has 0 radical (unpaired) electrons. The molecule has 168 valence electrons. The van der Waals surface area contributed by atoms with E-state index in [2.05, 4.69) is 74.2 Å². The van der Waals surface area contributed by atoms with Crippen molar-refractivity contribution in [2.45, 2.75) is 46.6 Å². The summed E-state index contributed by atoms with van der Waals surface area (Å²) in [6.07, 6.45) is 3.53. The monoisotopic (exact) mass is 433 g/mol. The van der Waals surface area contributed by atoms with E-state index in [-0.39, 0.29) is 5.56 Å². The van der Waals surface area contributed by atoms with Crippen LogP contribution in [-0.2, 0) is 13.0 Å². The summed E-state index contributed by atoms with van der Waals surface area (Å²) in [6, 6.07) is 21.5. The van der Waals surface area contributed by atoms with Gasteiger partial charge in [-0.05, 0) is 59.2 Å². The summed E-state index contributed by atoms with van der Waals surface area (Å²) in [5, 5.41) is 9.28. The predicted molar refractivity (Wildman–Crippen MR) is 130 cm³/mol. The molecule has 3 rings (SSSR count). The van der Waals surface area contributed by atoms with Gasteiger partial charge in [-0.1, -0.05) is 75.7 Å². The average molecular weight is 434 g/mol. The Balaban J connectivity index is 1.78. The van der Waals surface area contributed by atoms with Gasteiger partial charge in [0.2, 0.25) is 0 Å². The zero-order valence-corrected chi connectivity index (χ0v) is 19.1. The van der Waals surface area contributed by atoms with E-state index in [0.29, 0.717) is 18.2 Å². The van der Waals surface area contributed by atoms with Crippen LogP contribution >= 0.6 is 0 Å². The Bertz CT molecular complexity index is 1030. The number of aromatic carboxylic acids is 1. The second-order valence-corrected chi connectivity index (χ2v) is 8.74. The van der Waals surface area contributed by atoms with Crippen molar-refractivity contribution in [3.05, 3.63) is 89.2 Å². The summed E-state index contributed by atoms with van der Waals surface area (Å²) in [5.41, 5.74) is 5.27. The number of aryl methyl sites for hydroxylation is 1. The van der Waals surface area contributed by atoms with Gasteiger partial charge in [0.15, 0.2) is 0 Å². The maximum absolute atomic E-state index is 13.9. The fourth-order valence-electron chi connectivity index (χ4n) is 3.84. The SMILES string of the molecule is CCCCc1ccc(-c2ccc(CN(CC(C)C)c3ccc(F)c(C(=O)O)c3)cc2)cc1. The molecule has 1 N–H and O–H groups in total. The molecule has 0 amide bonds. The average Bonchev–Trinajstić information content (AvgIpc) is 2.78. The smallest absolute Gasteiger partial charge is 0.338 e. The molecule has 0 aliphatic heterocycles. The third-order valence-electron chi connectivity index (χ3n) is 5.56. The molecule has 0 saturated carbocycles. The van der Waals surface area contributed by atoms with Crippen molar-refractivity contribution >= 4 is 11.7 Å². The van der Waals surface area contributed by atoms with Gasteiger partial charge >= 0.3 is 5.97 Å². The molecule has 0 saturated heterocycles. The van der Waals surface area contributed by atoms with Gasteiger partial charge in [0.1, 0.15) is 5.82 Å². The van der Waals surface area contributed by atoms with Crippen molar-refractivity contribution in [3.63, 3.8) is 0 Å². The van der Waals surface area contributed by atoms with Crippen molar-refractivity contribution in [1.29, 1.82) is 0 Å². The van der Waals surface area contributed by atoms with Crippen molar-refractivity contribution < 1.29 is 14.3 Å². The van der Waals surface area contributed by atoms with E-state index in [1.807, 2.05) is 0 Å². The third kappa shape index (κ3) is 6.19. The minimum absolute atomic E-state index is 0.297. The number of rotatable bonds is 10. The zero-order chi connectivity index (χ0) is 23.1. The van der Waals surface area contributed by atoms with E-state index in [4.69, 9.17) is 0 Å². The highest BCUT2D eigenvalue weighted by Gasteiger charge is 2.16. The van der Waals surface area contributed by atoms with Crippen LogP contribution < -0.4 is 4.90 Å². The normalized spacial score (nSPS) is 11.0. The number of nitrogens with zero attached hydrogens (tertiary/aromatic N) is 1. The first-order valence-electron chi connectivity index (χ1n) is 11.3. The minimum Gasteiger partial charge on any atom is -0.478 e. The maximum atomic E-state index is 13.9. The molecule has 0 spiro atoms. The summed E-state index contributed by atoms with van der Waals surface area (Å²) in [7, 11) is 0.